The maximum Gasteiger partial charge on any atom is 0.411 e. The molecule has 0 aromatic rings. The summed E-state index contributed by atoms with van der Waals surface area (Å²) in [6.07, 6.45) is -2.32. The highest BCUT2D eigenvalue weighted by Crippen LogP contribution is 2.38. The Kier molecular flexibility index (Phi) is 3.83. The van der Waals surface area contributed by atoms with E-state index in [1.54, 1.807) is 6.92 Å². The van der Waals surface area contributed by atoms with E-state index >= 15 is 0 Å². The Morgan fingerprint density at radius 1 is 1.50 bits per heavy atom. The third-order valence-corrected chi connectivity index (χ3v) is 3.09. The van der Waals surface area contributed by atoms with Crippen molar-refractivity contribution in [1.29, 1.82) is 0 Å². The fourth-order valence-corrected chi connectivity index (χ4v) is 2.12. The monoisotopic (exact) mass is 240 g/mol. The van der Waals surface area contributed by atoms with Crippen LogP contribution in [0.4, 0.5) is 13.2 Å². The van der Waals surface area contributed by atoms with Gasteiger partial charge in [-0.1, -0.05) is 13.3 Å². The van der Waals surface area contributed by atoms with Gasteiger partial charge in [-0.05, 0) is 25.2 Å². The molecule has 2 unspecified atom stereocenters. The van der Waals surface area contributed by atoms with Crippen LogP contribution in [-0.4, -0.2) is 29.5 Å². The molecular formula is C10H15F3O3. The molecule has 0 aromatic carbocycles. The smallest absolute Gasteiger partial charge is 0.411 e. The molecule has 0 bridgehead atoms. The van der Waals surface area contributed by atoms with E-state index in [9.17, 15) is 18.0 Å². The van der Waals surface area contributed by atoms with Crippen molar-refractivity contribution < 1.29 is 27.8 Å². The van der Waals surface area contributed by atoms with E-state index in [0.29, 0.717) is 12.8 Å². The first kappa shape index (κ1) is 13.3. The average molecular weight is 240 g/mol. The van der Waals surface area contributed by atoms with Crippen molar-refractivity contribution in [2.45, 2.75) is 44.4 Å². The topological polar surface area (TPSA) is 46.5 Å². The van der Waals surface area contributed by atoms with Crippen LogP contribution in [0.1, 0.15) is 32.6 Å². The van der Waals surface area contributed by atoms with E-state index in [0.717, 1.165) is 6.42 Å². The van der Waals surface area contributed by atoms with Crippen molar-refractivity contribution in [3.63, 3.8) is 0 Å². The number of ether oxygens (including phenoxy) is 1. The lowest BCUT2D eigenvalue weighted by atomic mass is 9.76. The highest BCUT2D eigenvalue weighted by atomic mass is 19.4. The number of carboxylic acid groups (broad SMARTS) is 1. The molecule has 0 amide bonds. The maximum absolute atomic E-state index is 12.1. The number of hydrogen-bond acceptors (Lipinski definition) is 2. The van der Waals surface area contributed by atoms with Crippen molar-refractivity contribution in [2.75, 3.05) is 6.61 Å². The van der Waals surface area contributed by atoms with Gasteiger partial charge in [-0.15, -0.1) is 0 Å². The molecule has 1 aliphatic carbocycles. The Hall–Kier alpha value is -0.780. The molecule has 16 heavy (non-hydrogen) atoms. The number of hydrogen-bond donors (Lipinski definition) is 1. The van der Waals surface area contributed by atoms with Gasteiger partial charge in [-0.25, -0.2) is 4.79 Å². The zero-order valence-electron chi connectivity index (χ0n) is 9.01. The second-order valence-electron chi connectivity index (χ2n) is 4.25. The number of carbonyl (C=O) groups is 1. The van der Waals surface area contributed by atoms with Gasteiger partial charge in [-0.3, -0.25) is 0 Å². The standard InChI is InChI=1S/C10H15F3O3/c1-7-4-2-3-5-9(7,8(14)15)16-6-10(11,12)13/h7H,2-6H2,1H3,(H,14,15). The number of alkyl halides is 3. The lowest BCUT2D eigenvalue weighted by Crippen LogP contribution is -2.50. The van der Waals surface area contributed by atoms with Gasteiger partial charge in [0.2, 0.25) is 0 Å². The lowest BCUT2D eigenvalue weighted by molar-refractivity contribution is -0.226. The maximum atomic E-state index is 12.1. The molecule has 0 spiro atoms. The molecule has 1 fully saturated rings. The molecule has 6 heteroatoms. The summed E-state index contributed by atoms with van der Waals surface area (Å²) in [5.74, 6) is -1.68. The Labute approximate surface area is 91.6 Å². The minimum atomic E-state index is -4.49. The summed E-state index contributed by atoms with van der Waals surface area (Å²) in [6, 6.07) is 0. The number of carboxylic acids is 1. The summed E-state index contributed by atoms with van der Waals surface area (Å²) in [4.78, 5) is 11.1. The van der Waals surface area contributed by atoms with Gasteiger partial charge in [0.1, 0.15) is 6.61 Å². The summed E-state index contributed by atoms with van der Waals surface area (Å²) in [6.45, 7) is 0.132. The van der Waals surface area contributed by atoms with Crippen molar-refractivity contribution in [3.05, 3.63) is 0 Å². The fourth-order valence-electron chi connectivity index (χ4n) is 2.12. The van der Waals surface area contributed by atoms with E-state index in [-0.39, 0.29) is 12.3 Å². The summed E-state index contributed by atoms with van der Waals surface area (Å²) < 4.78 is 40.8. The van der Waals surface area contributed by atoms with Gasteiger partial charge >= 0.3 is 12.1 Å². The first-order valence-electron chi connectivity index (χ1n) is 5.22. The van der Waals surface area contributed by atoms with Crippen LogP contribution in [0.5, 0.6) is 0 Å². The van der Waals surface area contributed by atoms with Crippen molar-refractivity contribution >= 4 is 5.97 Å². The van der Waals surface area contributed by atoms with Crippen molar-refractivity contribution in [2.24, 2.45) is 5.92 Å². The van der Waals surface area contributed by atoms with E-state index in [4.69, 9.17) is 5.11 Å². The molecule has 3 nitrogen and oxygen atoms in total. The quantitative estimate of drug-likeness (QED) is 0.824. The van der Waals surface area contributed by atoms with Crippen LogP contribution in [0.3, 0.4) is 0 Å². The zero-order valence-corrected chi connectivity index (χ0v) is 9.01. The van der Waals surface area contributed by atoms with E-state index in [2.05, 4.69) is 4.74 Å². The van der Waals surface area contributed by atoms with Crippen LogP contribution in [0.15, 0.2) is 0 Å². The minimum Gasteiger partial charge on any atom is -0.479 e. The van der Waals surface area contributed by atoms with Crippen LogP contribution >= 0.6 is 0 Å². The molecular weight excluding hydrogens is 225 g/mol. The number of rotatable bonds is 3. The molecule has 0 radical (unpaired) electrons. The van der Waals surface area contributed by atoms with Gasteiger partial charge < -0.3 is 9.84 Å². The second kappa shape index (κ2) is 4.61. The summed E-state index contributed by atoms with van der Waals surface area (Å²) >= 11 is 0. The molecule has 0 heterocycles. The molecule has 0 aromatic heterocycles. The van der Waals surface area contributed by atoms with Crippen LogP contribution in [0.2, 0.25) is 0 Å². The Morgan fingerprint density at radius 3 is 2.56 bits per heavy atom. The van der Waals surface area contributed by atoms with Crippen LogP contribution in [0.25, 0.3) is 0 Å². The normalized spacial score (nSPS) is 31.4. The lowest BCUT2D eigenvalue weighted by Gasteiger charge is -2.38. The van der Waals surface area contributed by atoms with Gasteiger partial charge in [0.05, 0.1) is 0 Å². The molecule has 1 N–H and O–H groups in total. The summed E-state index contributed by atoms with van der Waals surface area (Å²) in [7, 11) is 0. The van der Waals surface area contributed by atoms with Gasteiger partial charge in [0.25, 0.3) is 0 Å². The summed E-state index contributed by atoms with van der Waals surface area (Å²) in [5, 5.41) is 9.06. The molecule has 1 aliphatic rings. The molecule has 0 saturated heterocycles. The van der Waals surface area contributed by atoms with Crippen LogP contribution < -0.4 is 0 Å². The van der Waals surface area contributed by atoms with Crippen molar-refractivity contribution in [1.82, 2.24) is 0 Å². The van der Waals surface area contributed by atoms with Crippen LogP contribution in [-0.2, 0) is 9.53 Å². The molecule has 0 aliphatic heterocycles. The average Bonchev–Trinajstić information content (AvgIpc) is 2.15. The Balaban J connectivity index is 2.76. The molecule has 2 atom stereocenters. The molecule has 94 valence electrons. The molecule has 1 rings (SSSR count). The minimum absolute atomic E-state index is 0.152. The van der Waals surface area contributed by atoms with E-state index in [1.807, 2.05) is 0 Å². The predicted molar refractivity (Wildman–Crippen MR) is 50.0 cm³/mol. The highest BCUT2D eigenvalue weighted by molar-refractivity contribution is 5.78. The largest absolute Gasteiger partial charge is 0.479 e. The highest BCUT2D eigenvalue weighted by Gasteiger charge is 2.48. The van der Waals surface area contributed by atoms with Gasteiger partial charge in [0, 0.05) is 0 Å². The first-order valence-corrected chi connectivity index (χ1v) is 5.22. The van der Waals surface area contributed by atoms with Gasteiger partial charge in [0.15, 0.2) is 5.60 Å². The van der Waals surface area contributed by atoms with E-state index in [1.165, 1.54) is 0 Å². The Bertz CT molecular complexity index is 265. The summed E-state index contributed by atoms with van der Waals surface area (Å²) in [5.41, 5.74) is -1.66. The van der Waals surface area contributed by atoms with Gasteiger partial charge in [-0.2, -0.15) is 13.2 Å². The molecule has 1 saturated carbocycles. The number of aliphatic carboxylic acids is 1. The number of halogens is 3. The Morgan fingerprint density at radius 2 is 2.12 bits per heavy atom. The fraction of sp³-hybridized carbons (Fsp3) is 0.900. The predicted octanol–water partition coefficient (Wildman–Crippen LogP) is 2.60. The van der Waals surface area contributed by atoms with Crippen molar-refractivity contribution in [3.8, 4) is 0 Å². The first-order chi connectivity index (χ1) is 7.28. The zero-order chi connectivity index (χ0) is 12.4. The SMILES string of the molecule is CC1CCCCC1(OCC(F)(F)F)C(=O)O. The third kappa shape index (κ3) is 2.87. The van der Waals surface area contributed by atoms with E-state index < -0.39 is 24.4 Å². The van der Waals surface area contributed by atoms with Crippen LogP contribution in [0, 0.1) is 5.92 Å². The second-order valence-corrected chi connectivity index (χ2v) is 4.25. The third-order valence-electron chi connectivity index (χ3n) is 3.09.